The van der Waals surface area contributed by atoms with Gasteiger partial charge in [-0.2, -0.15) is 5.10 Å². The van der Waals surface area contributed by atoms with Crippen LogP contribution in [0, 0.1) is 6.92 Å². The minimum absolute atomic E-state index is 0.753. The predicted molar refractivity (Wildman–Crippen MR) is 65.9 cm³/mol. The molecule has 0 aliphatic heterocycles. The van der Waals surface area contributed by atoms with Gasteiger partial charge in [0.05, 0.1) is 16.4 Å². The molecule has 4 heteroatoms. The van der Waals surface area contributed by atoms with Crippen molar-refractivity contribution in [2.75, 3.05) is 0 Å². The minimum Gasteiger partial charge on any atom is -0.235 e. The summed E-state index contributed by atoms with van der Waals surface area (Å²) in [6.45, 7) is 1.99. The third-order valence-electron chi connectivity index (χ3n) is 2.26. The highest BCUT2D eigenvalue weighted by Crippen LogP contribution is 2.25. The zero-order valence-electron chi connectivity index (χ0n) is 8.24. The van der Waals surface area contributed by atoms with Crippen LogP contribution >= 0.6 is 27.5 Å². The lowest BCUT2D eigenvalue weighted by molar-refractivity contribution is 0.842. The Bertz CT molecular complexity index is 479. The number of benzene rings is 1. The van der Waals surface area contributed by atoms with Crippen molar-refractivity contribution in [3.05, 3.63) is 46.7 Å². The number of aromatic nitrogens is 2. The molecule has 0 aliphatic carbocycles. The van der Waals surface area contributed by atoms with E-state index in [9.17, 15) is 0 Å². The number of halogens is 2. The average molecular weight is 286 g/mol. The first-order chi connectivity index (χ1) is 7.24. The second-order valence-corrected chi connectivity index (χ2v) is 4.21. The first-order valence-corrected chi connectivity index (χ1v) is 6.08. The van der Waals surface area contributed by atoms with Crippen LogP contribution in [0.15, 0.2) is 30.5 Å². The Balaban J connectivity index is 2.59. The van der Waals surface area contributed by atoms with Gasteiger partial charge < -0.3 is 0 Å². The van der Waals surface area contributed by atoms with Gasteiger partial charge in [0.1, 0.15) is 0 Å². The summed E-state index contributed by atoms with van der Waals surface area (Å²) in [5, 5.41) is 5.78. The van der Waals surface area contributed by atoms with Crippen LogP contribution in [0.4, 0.5) is 0 Å². The second kappa shape index (κ2) is 4.37. The van der Waals surface area contributed by atoms with Crippen LogP contribution in [0.3, 0.4) is 0 Å². The third kappa shape index (κ3) is 1.94. The Labute approximate surface area is 102 Å². The van der Waals surface area contributed by atoms with E-state index >= 15 is 0 Å². The summed E-state index contributed by atoms with van der Waals surface area (Å²) in [6.07, 6.45) is 1.77. The molecule has 1 aromatic carbocycles. The van der Waals surface area contributed by atoms with Crippen LogP contribution in [-0.4, -0.2) is 9.78 Å². The number of rotatable bonds is 2. The molecule has 1 aromatic heterocycles. The molecule has 0 amide bonds. The molecular formula is C11H10BrClN2. The largest absolute Gasteiger partial charge is 0.235 e. The summed E-state index contributed by atoms with van der Waals surface area (Å²) in [5.74, 6) is 0. The van der Waals surface area contributed by atoms with Gasteiger partial charge in [-0.05, 0) is 24.6 Å². The molecule has 0 atom stereocenters. The Morgan fingerprint density at radius 2 is 2.20 bits per heavy atom. The van der Waals surface area contributed by atoms with E-state index in [0.717, 1.165) is 27.3 Å². The van der Waals surface area contributed by atoms with Crippen molar-refractivity contribution in [1.29, 1.82) is 0 Å². The number of nitrogens with zero attached hydrogens (tertiary/aromatic N) is 2. The maximum atomic E-state index is 6.24. The smallest absolute Gasteiger partial charge is 0.0838 e. The molecule has 0 bridgehead atoms. The molecule has 0 N–H and O–H groups in total. The van der Waals surface area contributed by atoms with E-state index in [0.29, 0.717) is 0 Å². The Morgan fingerprint density at radius 1 is 1.40 bits per heavy atom. The number of hydrogen-bond acceptors (Lipinski definition) is 1. The standard InChI is InChI=1S/C11H10BrClN2/c1-8-3-2-4-10(11(8)13)15-9(7-12)5-6-14-15/h2-6H,7H2,1H3. The van der Waals surface area contributed by atoms with Crippen molar-refractivity contribution < 1.29 is 0 Å². The van der Waals surface area contributed by atoms with E-state index < -0.39 is 0 Å². The van der Waals surface area contributed by atoms with Gasteiger partial charge in [0.15, 0.2) is 0 Å². The fourth-order valence-electron chi connectivity index (χ4n) is 1.44. The Morgan fingerprint density at radius 3 is 2.93 bits per heavy atom. The van der Waals surface area contributed by atoms with Crippen LogP contribution in [0.2, 0.25) is 5.02 Å². The van der Waals surface area contributed by atoms with Crippen molar-refractivity contribution >= 4 is 27.5 Å². The monoisotopic (exact) mass is 284 g/mol. The highest BCUT2D eigenvalue weighted by atomic mass is 79.9. The lowest BCUT2D eigenvalue weighted by Gasteiger charge is -2.09. The molecule has 0 saturated heterocycles. The van der Waals surface area contributed by atoms with Crippen molar-refractivity contribution in [3.8, 4) is 5.69 Å². The van der Waals surface area contributed by atoms with Crippen LogP contribution in [0.1, 0.15) is 11.3 Å². The average Bonchev–Trinajstić information content (AvgIpc) is 2.70. The van der Waals surface area contributed by atoms with Gasteiger partial charge in [-0.3, -0.25) is 0 Å². The SMILES string of the molecule is Cc1cccc(-n2nccc2CBr)c1Cl. The second-order valence-electron chi connectivity index (χ2n) is 3.28. The lowest BCUT2D eigenvalue weighted by Crippen LogP contribution is -2.01. The fraction of sp³-hybridized carbons (Fsp3) is 0.182. The van der Waals surface area contributed by atoms with E-state index in [1.165, 1.54) is 0 Å². The normalized spacial score (nSPS) is 10.6. The van der Waals surface area contributed by atoms with Crippen molar-refractivity contribution in [3.63, 3.8) is 0 Å². The van der Waals surface area contributed by atoms with E-state index in [4.69, 9.17) is 11.6 Å². The molecule has 0 spiro atoms. The van der Waals surface area contributed by atoms with Crippen molar-refractivity contribution in [2.45, 2.75) is 12.3 Å². The minimum atomic E-state index is 0.753. The molecule has 2 nitrogen and oxygen atoms in total. The van der Waals surface area contributed by atoms with Gasteiger partial charge in [0, 0.05) is 11.5 Å². The van der Waals surface area contributed by atoms with E-state index in [1.54, 1.807) is 6.20 Å². The first-order valence-electron chi connectivity index (χ1n) is 4.58. The van der Waals surface area contributed by atoms with Crippen molar-refractivity contribution in [1.82, 2.24) is 9.78 Å². The molecule has 0 unspecified atom stereocenters. The molecule has 78 valence electrons. The Hall–Kier alpha value is -0.800. The van der Waals surface area contributed by atoms with Crippen LogP contribution in [-0.2, 0) is 5.33 Å². The number of alkyl halides is 1. The van der Waals surface area contributed by atoms with Crippen LogP contribution in [0.5, 0.6) is 0 Å². The van der Waals surface area contributed by atoms with Gasteiger partial charge in [0.25, 0.3) is 0 Å². The Kier molecular flexibility index (Phi) is 3.12. The summed E-state index contributed by atoms with van der Waals surface area (Å²) in [6, 6.07) is 7.90. The zero-order chi connectivity index (χ0) is 10.8. The number of hydrogen-bond donors (Lipinski definition) is 0. The molecular weight excluding hydrogens is 275 g/mol. The van der Waals surface area contributed by atoms with Gasteiger partial charge in [0.2, 0.25) is 0 Å². The van der Waals surface area contributed by atoms with Gasteiger partial charge in [-0.25, -0.2) is 4.68 Å². The van der Waals surface area contributed by atoms with Crippen LogP contribution in [0.25, 0.3) is 5.69 Å². The molecule has 0 saturated carbocycles. The zero-order valence-corrected chi connectivity index (χ0v) is 10.6. The summed E-state index contributed by atoms with van der Waals surface area (Å²) in [7, 11) is 0. The molecule has 2 rings (SSSR count). The lowest BCUT2D eigenvalue weighted by atomic mass is 10.2. The molecule has 0 radical (unpaired) electrons. The van der Waals surface area contributed by atoms with E-state index in [-0.39, 0.29) is 0 Å². The van der Waals surface area contributed by atoms with Gasteiger partial charge >= 0.3 is 0 Å². The molecule has 1 heterocycles. The van der Waals surface area contributed by atoms with E-state index in [2.05, 4.69) is 21.0 Å². The van der Waals surface area contributed by atoms with Gasteiger partial charge in [-0.1, -0.05) is 39.7 Å². The third-order valence-corrected chi connectivity index (χ3v) is 3.32. The predicted octanol–water partition coefficient (Wildman–Crippen LogP) is 3.73. The maximum Gasteiger partial charge on any atom is 0.0838 e. The summed E-state index contributed by atoms with van der Waals surface area (Å²) >= 11 is 9.66. The van der Waals surface area contributed by atoms with Crippen LogP contribution < -0.4 is 0 Å². The summed E-state index contributed by atoms with van der Waals surface area (Å²) in [4.78, 5) is 0. The molecule has 0 fully saturated rings. The van der Waals surface area contributed by atoms with Crippen molar-refractivity contribution in [2.24, 2.45) is 0 Å². The fourth-order valence-corrected chi connectivity index (χ4v) is 2.07. The van der Waals surface area contributed by atoms with Gasteiger partial charge in [-0.15, -0.1) is 0 Å². The first kappa shape index (κ1) is 10.7. The highest BCUT2D eigenvalue weighted by Gasteiger charge is 2.08. The quantitative estimate of drug-likeness (QED) is 0.769. The molecule has 0 aliphatic rings. The topological polar surface area (TPSA) is 17.8 Å². The summed E-state index contributed by atoms with van der Waals surface area (Å²) < 4.78 is 1.85. The summed E-state index contributed by atoms with van der Waals surface area (Å²) in [5.41, 5.74) is 3.07. The molecule has 2 aromatic rings. The highest BCUT2D eigenvalue weighted by molar-refractivity contribution is 9.08. The van der Waals surface area contributed by atoms with E-state index in [1.807, 2.05) is 35.9 Å². The number of aryl methyl sites for hydroxylation is 1. The molecule has 15 heavy (non-hydrogen) atoms. The maximum absolute atomic E-state index is 6.24.